The largest absolute Gasteiger partial charge is 0.353 e. The summed E-state index contributed by atoms with van der Waals surface area (Å²) < 4.78 is 0. The Morgan fingerprint density at radius 1 is 1.26 bits per heavy atom. The molecular weight excluding hydrogens is 336 g/mol. The van der Waals surface area contributed by atoms with E-state index in [1.54, 1.807) is 0 Å². The third-order valence-electron chi connectivity index (χ3n) is 6.62. The fourth-order valence-corrected chi connectivity index (χ4v) is 5.00. The van der Waals surface area contributed by atoms with Gasteiger partial charge in [-0.05, 0) is 60.9 Å². The maximum absolute atomic E-state index is 12.9. The maximum atomic E-state index is 12.9. The van der Waals surface area contributed by atoms with E-state index in [9.17, 15) is 4.79 Å². The Labute approximate surface area is 158 Å². The summed E-state index contributed by atoms with van der Waals surface area (Å²) in [6.45, 7) is 5.28. The molecule has 2 aromatic heterocycles. The monoisotopic (exact) mass is 360 g/mol. The van der Waals surface area contributed by atoms with Gasteiger partial charge in [-0.15, -0.1) is 0 Å². The standard InChI is InChI=1S/C22H24N4O/c1-22(2)11-26(21(27)12-6-7-12)18-8-15-14-5-3-4-13-10-23-25-19(13)20(14)24-17(15)9-16(18)22/h8-10,12,24H,3-7,11H2,1-2H3,(H,23,25). The minimum absolute atomic E-state index is 0.0198. The van der Waals surface area contributed by atoms with Crippen molar-refractivity contribution >= 4 is 22.5 Å². The van der Waals surface area contributed by atoms with Crippen LogP contribution in [0.15, 0.2) is 18.3 Å². The number of hydrogen-bond donors (Lipinski definition) is 2. The number of H-pyrrole nitrogens is 2. The van der Waals surface area contributed by atoms with Crippen LogP contribution in [0.1, 0.15) is 49.8 Å². The van der Waals surface area contributed by atoms with Crippen molar-refractivity contribution < 1.29 is 4.79 Å². The van der Waals surface area contributed by atoms with Crippen molar-refractivity contribution in [2.24, 2.45) is 5.92 Å². The molecule has 3 aliphatic rings. The number of amides is 1. The first-order valence-electron chi connectivity index (χ1n) is 10.1. The fourth-order valence-electron chi connectivity index (χ4n) is 5.00. The van der Waals surface area contributed by atoms with Crippen LogP contribution < -0.4 is 4.90 Å². The van der Waals surface area contributed by atoms with Crippen molar-refractivity contribution in [1.29, 1.82) is 0 Å². The van der Waals surface area contributed by atoms with E-state index in [2.05, 4.69) is 46.1 Å². The average Bonchev–Trinajstić information content (AvgIpc) is 3.26. The van der Waals surface area contributed by atoms with Gasteiger partial charge in [0, 0.05) is 40.7 Å². The van der Waals surface area contributed by atoms with Crippen LogP contribution in [0.25, 0.3) is 22.3 Å². The van der Waals surface area contributed by atoms with Gasteiger partial charge in [0.15, 0.2) is 0 Å². The molecule has 0 unspecified atom stereocenters. The number of anilines is 1. The number of aryl methyl sites for hydroxylation is 2. The van der Waals surface area contributed by atoms with Crippen molar-refractivity contribution in [2.75, 3.05) is 11.4 Å². The number of nitrogens with one attached hydrogen (secondary N) is 2. The van der Waals surface area contributed by atoms with E-state index in [0.29, 0.717) is 5.91 Å². The van der Waals surface area contributed by atoms with Crippen molar-refractivity contribution in [2.45, 2.75) is 51.4 Å². The number of aromatic amines is 2. The Morgan fingerprint density at radius 3 is 2.93 bits per heavy atom. The third-order valence-corrected chi connectivity index (χ3v) is 6.62. The summed E-state index contributed by atoms with van der Waals surface area (Å²) in [5.74, 6) is 0.565. The van der Waals surface area contributed by atoms with Gasteiger partial charge in [-0.2, -0.15) is 5.10 Å². The summed E-state index contributed by atoms with van der Waals surface area (Å²) in [4.78, 5) is 18.6. The van der Waals surface area contributed by atoms with Crippen LogP contribution in [0.2, 0.25) is 0 Å². The van der Waals surface area contributed by atoms with Gasteiger partial charge < -0.3 is 9.88 Å². The summed E-state index contributed by atoms with van der Waals surface area (Å²) in [6.07, 6.45) is 7.35. The topological polar surface area (TPSA) is 64.8 Å². The molecule has 3 aromatic rings. The lowest BCUT2D eigenvalue weighted by molar-refractivity contribution is -0.119. The lowest BCUT2D eigenvalue weighted by Gasteiger charge is -2.20. The highest BCUT2D eigenvalue weighted by atomic mass is 16.2. The highest BCUT2D eigenvalue weighted by Gasteiger charge is 2.43. The minimum atomic E-state index is -0.0198. The van der Waals surface area contributed by atoms with Gasteiger partial charge in [-0.1, -0.05) is 13.8 Å². The SMILES string of the molecule is CC1(C)CN(C(=O)C2CC2)c2cc3c4c([nH]c3cc21)-c1n[nH]cc1CCC4. The van der Waals surface area contributed by atoms with E-state index in [0.717, 1.165) is 55.7 Å². The molecule has 1 fully saturated rings. The van der Waals surface area contributed by atoms with E-state index < -0.39 is 0 Å². The molecule has 1 aliphatic heterocycles. The minimum Gasteiger partial charge on any atom is -0.353 e. The molecule has 2 N–H and O–H groups in total. The number of carbonyl (C=O) groups excluding carboxylic acids is 1. The zero-order chi connectivity index (χ0) is 18.3. The first kappa shape index (κ1) is 15.5. The zero-order valence-corrected chi connectivity index (χ0v) is 15.9. The number of benzene rings is 1. The number of rotatable bonds is 1. The molecule has 138 valence electrons. The molecule has 2 aliphatic carbocycles. The predicted molar refractivity (Wildman–Crippen MR) is 106 cm³/mol. The molecule has 27 heavy (non-hydrogen) atoms. The molecule has 6 rings (SSSR count). The summed E-state index contributed by atoms with van der Waals surface area (Å²) in [5.41, 5.74) is 8.41. The molecule has 5 nitrogen and oxygen atoms in total. The Bertz CT molecular complexity index is 1100. The number of aromatic nitrogens is 3. The number of nitrogens with zero attached hydrogens (tertiary/aromatic N) is 2. The van der Waals surface area contributed by atoms with Crippen molar-refractivity contribution in [3.05, 3.63) is 35.0 Å². The second-order valence-electron chi connectivity index (χ2n) is 9.09. The third kappa shape index (κ3) is 2.11. The fraction of sp³-hybridized carbons (Fsp3) is 0.455. The maximum Gasteiger partial charge on any atom is 0.230 e. The van der Waals surface area contributed by atoms with E-state index in [4.69, 9.17) is 0 Å². The quantitative estimate of drug-likeness (QED) is 0.687. The van der Waals surface area contributed by atoms with Gasteiger partial charge >= 0.3 is 0 Å². The molecule has 0 atom stereocenters. The molecule has 0 saturated heterocycles. The zero-order valence-electron chi connectivity index (χ0n) is 15.9. The number of fused-ring (bicyclic) bond motifs is 6. The highest BCUT2D eigenvalue weighted by Crippen LogP contribution is 2.47. The lowest BCUT2D eigenvalue weighted by Crippen LogP contribution is -2.34. The predicted octanol–water partition coefficient (Wildman–Crippen LogP) is 4.08. The molecule has 0 radical (unpaired) electrons. The van der Waals surface area contributed by atoms with Gasteiger partial charge in [0.2, 0.25) is 5.91 Å². The molecule has 3 heterocycles. The second kappa shape index (κ2) is 5.03. The van der Waals surface area contributed by atoms with Crippen LogP contribution in [0.5, 0.6) is 0 Å². The van der Waals surface area contributed by atoms with Gasteiger partial charge in [0.1, 0.15) is 5.69 Å². The first-order chi connectivity index (χ1) is 13.0. The van der Waals surface area contributed by atoms with Crippen LogP contribution >= 0.6 is 0 Å². The van der Waals surface area contributed by atoms with E-state index in [-0.39, 0.29) is 11.3 Å². The second-order valence-corrected chi connectivity index (χ2v) is 9.09. The Hall–Kier alpha value is -2.56. The van der Waals surface area contributed by atoms with Gasteiger partial charge in [0.25, 0.3) is 0 Å². The van der Waals surface area contributed by atoms with Crippen molar-refractivity contribution in [1.82, 2.24) is 15.2 Å². The van der Waals surface area contributed by atoms with E-state index in [1.807, 2.05) is 6.20 Å². The lowest BCUT2D eigenvalue weighted by atomic mass is 9.86. The molecule has 5 heteroatoms. The van der Waals surface area contributed by atoms with Crippen molar-refractivity contribution in [3.8, 4) is 11.4 Å². The molecule has 0 bridgehead atoms. The van der Waals surface area contributed by atoms with Crippen LogP contribution in [-0.2, 0) is 23.1 Å². The average molecular weight is 360 g/mol. The molecular formula is C22H24N4O. The number of hydrogen-bond acceptors (Lipinski definition) is 2. The molecule has 1 amide bonds. The Balaban J connectivity index is 1.58. The molecule has 1 aromatic carbocycles. The van der Waals surface area contributed by atoms with Crippen molar-refractivity contribution in [3.63, 3.8) is 0 Å². The van der Waals surface area contributed by atoms with Crippen LogP contribution in [0, 0.1) is 5.92 Å². The van der Waals surface area contributed by atoms with Crippen LogP contribution in [0.3, 0.4) is 0 Å². The summed E-state index contributed by atoms with van der Waals surface area (Å²) in [6, 6.07) is 4.55. The summed E-state index contributed by atoms with van der Waals surface area (Å²) in [5, 5.41) is 8.80. The van der Waals surface area contributed by atoms with E-state index >= 15 is 0 Å². The number of carbonyl (C=O) groups is 1. The van der Waals surface area contributed by atoms with Gasteiger partial charge in [0.05, 0.1) is 5.69 Å². The van der Waals surface area contributed by atoms with Gasteiger partial charge in [-0.25, -0.2) is 0 Å². The van der Waals surface area contributed by atoms with E-state index in [1.165, 1.54) is 27.6 Å². The smallest absolute Gasteiger partial charge is 0.230 e. The van der Waals surface area contributed by atoms with Crippen LogP contribution in [0.4, 0.5) is 5.69 Å². The normalized spacial score (nSPS) is 20.3. The van der Waals surface area contributed by atoms with Gasteiger partial charge in [-0.3, -0.25) is 9.89 Å². The summed E-state index contributed by atoms with van der Waals surface area (Å²) >= 11 is 0. The Morgan fingerprint density at radius 2 is 2.11 bits per heavy atom. The first-order valence-corrected chi connectivity index (χ1v) is 10.1. The molecule has 0 spiro atoms. The summed E-state index contributed by atoms with van der Waals surface area (Å²) in [7, 11) is 0. The Kier molecular flexibility index (Phi) is 2.89. The molecule has 1 saturated carbocycles. The van der Waals surface area contributed by atoms with Crippen LogP contribution in [-0.4, -0.2) is 27.6 Å². The highest BCUT2D eigenvalue weighted by molar-refractivity contribution is 6.03.